The molecule has 6 aliphatic rings. The molecule has 1 aromatic heterocycles. The zero-order valence-corrected chi connectivity index (χ0v) is 23.8. The fraction of sp³-hybridized carbons (Fsp3) is 0.529. The van der Waals surface area contributed by atoms with Crippen LogP contribution in [0.15, 0.2) is 36.4 Å². The minimum atomic E-state index is -0.910. The van der Waals surface area contributed by atoms with Crippen LogP contribution in [0.3, 0.4) is 0 Å². The molecule has 41 heavy (non-hydrogen) atoms. The average Bonchev–Trinajstić information content (AvgIpc) is 3.75. The number of hydrogen-bond acceptors (Lipinski definition) is 4. The number of methoxy groups -OCH3 is 1. The van der Waals surface area contributed by atoms with E-state index in [0.29, 0.717) is 48.1 Å². The highest BCUT2D eigenvalue weighted by molar-refractivity contribution is 6.00. The van der Waals surface area contributed by atoms with Crippen molar-refractivity contribution in [2.75, 3.05) is 14.2 Å². The molecule has 2 aliphatic carbocycles. The van der Waals surface area contributed by atoms with Crippen molar-refractivity contribution in [1.82, 2.24) is 14.4 Å². The van der Waals surface area contributed by atoms with Gasteiger partial charge in [-0.2, -0.15) is 0 Å². The van der Waals surface area contributed by atoms with Gasteiger partial charge < -0.3 is 19.3 Å². The first-order valence-electron chi connectivity index (χ1n) is 15.6. The third-order valence-electron chi connectivity index (χ3n) is 11.9. The van der Waals surface area contributed by atoms with Crippen LogP contribution >= 0.6 is 0 Å². The van der Waals surface area contributed by atoms with Crippen LogP contribution < -0.4 is 4.74 Å². The summed E-state index contributed by atoms with van der Waals surface area (Å²) in [4.78, 5) is 31.7. The summed E-state index contributed by atoms with van der Waals surface area (Å²) in [5, 5.41) is 11.1. The summed E-state index contributed by atoms with van der Waals surface area (Å²) in [5.41, 5.74) is 5.76. The van der Waals surface area contributed by atoms with Crippen molar-refractivity contribution >= 4 is 22.8 Å². The molecular formula is C34H37N3O4. The van der Waals surface area contributed by atoms with Gasteiger partial charge in [0.1, 0.15) is 5.75 Å². The number of benzene rings is 2. The van der Waals surface area contributed by atoms with Gasteiger partial charge in [0.25, 0.3) is 0 Å². The molecule has 5 heterocycles. The third-order valence-corrected chi connectivity index (χ3v) is 11.9. The van der Waals surface area contributed by atoms with E-state index >= 15 is 0 Å². The van der Waals surface area contributed by atoms with E-state index in [1.54, 1.807) is 13.2 Å². The van der Waals surface area contributed by atoms with E-state index in [-0.39, 0.29) is 5.92 Å². The molecule has 2 bridgehead atoms. The molecule has 0 radical (unpaired) electrons. The second kappa shape index (κ2) is 8.15. The summed E-state index contributed by atoms with van der Waals surface area (Å²) in [6.45, 7) is 0.607. The van der Waals surface area contributed by atoms with Crippen LogP contribution in [0.1, 0.15) is 84.7 Å². The van der Waals surface area contributed by atoms with Gasteiger partial charge in [-0.1, -0.05) is 25.3 Å². The van der Waals surface area contributed by atoms with E-state index in [1.165, 1.54) is 41.6 Å². The van der Waals surface area contributed by atoms with Crippen molar-refractivity contribution in [1.29, 1.82) is 0 Å². The van der Waals surface area contributed by atoms with Gasteiger partial charge >= 0.3 is 5.97 Å². The molecule has 7 heteroatoms. The van der Waals surface area contributed by atoms with Crippen molar-refractivity contribution in [2.24, 2.45) is 5.41 Å². The van der Waals surface area contributed by atoms with Gasteiger partial charge in [-0.05, 0) is 86.5 Å². The molecule has 7 nitrogen and oxygen atoms in total. The number of carbonyl (C=O) groups is 2. The van der Waals surface area contributed by atoms with E-state index in [4.69, 9.17) is 4.74 Å². The molecule has 3 aromatic rings. The Morgan fingerprint density at radius 1 is 0.976 bits per heavy atom. The number of carboxylic acid groups (broad SMARTS) is 1. The van der Waals surface area contributed by atoms with Gasteiger partial charge in [0.05, 0.1) is 23.8 Å². The van der Waals surface area contributed by atoms with Crippen LogP contribution in [0.4, 0.5) is 0 Å². The second-order valence-corrected chi connectivity index (χ2v) is 13.7. The van der Waals surface area contributed by atoms with Crippen molar-refractivity contribution in [3.8, 4) is 17.0 Å². The molecule has 5 fully saturated rings. The number of likely N-dealkylation sites (N-methyl/N-ethyl adjacent to an activating group) is 1. The van der Waals surface area contributed by atoms with Gasteiger partial charge in [-0.25, -0.2) is 4.79 Å². The number of ether oxygens (including phenoxy) is 1. The number of carbonyl (C=O) groups excluding carboxylic acids is 1. The Labute approximate surface area is 240 Å². The van der Waals surface area contributed by atoms with Gasteiger partial charge in [0, 0.05) is 53.1 Å². The van der Waals surface area contributed by atoms with Crippen LogP contribution in [-0.2, 0) is 11.3 Å². The Kier molecular flexibility index (Phi) is 4.83. The molecule has 3 saturated heterocycles. The lowest BCUT2D eigenvalue weighted by molar-refractivity contribution is -0.140. The fourth-order valence-electron chi connectivity index (χ4n) is 9.89. The molecule has 6 atom stereocenters. The number of nitrogens with zero attached hydrogens (tertiary/aromatic N) is 3. The maximum Gasteiger partial charge on any atom is 0.335 e. The van der Waals surface area contributed by atoms with Gasteiger partial charge in [-0.15, -0.1) is 0 Å². The first-order valence-corrected chi connectivity index (χ1v) is 15.6. The SMILES string of the molecule is COc1ccc2c(c1)C1CC1(C(=O)N1C3CCC1C1C3N1C)Cn1c-2c(C2CCCCC2)c2ccc(C(=O)O)cc21. The maximum atomic E-state index is 14.8. The van der Waals surface area contributed by atoms with Crippen LogP contribution in [-0.4, -0.2) is 69.7 Å². The maximum absolute atomic E-state index is 14.8. The highest BCUT2D eigenvalue weighted by atomic mass is 16.5. The highest BCUT2D eigenvalue weighted by Crippen LogP contribution is 2.67. The Bertz CT molecular complexity index is 1640. The van der Waals surface area contributed by atoms with E-state index in [1.807, 2.05) is 12.1 Å². The molecule has 0 spiro atoms. The number of aromatic nitrogens is 1. The number of amides is 1. The second-order valence-electron chi connectivity index (χ2n) is 13.7. The Hall–Kier alpha value is -3.32. The normalized spacial score (nSPS) is 34.4. The fourth-order valence-corrected chi connectivity index (χ4v) is 9.89. The third kappa shape index (κ3) is 3.08. The predicted octanol–water partition coefficient (Wildman–Crippen LogP) is 5.61. The van der Waals surface area contributed by atoms with E-state index in [0.717, 1.165) is 48.8 Å². The number of aromatic carboxylic acids is 1. The standard InChI is InChI=1S/C34H37N3O4/c1-35-30-25-12-13-26(31(30)35)37(25)33(40)34-16-24(34)23-15-20(41-2)9-11-21(23)29-28(18-6-4-3-5-7-18)22-10-8-19(32(38)39)14-27(22)36(29)17-34/h8-11,14-15,18,24-26,30-31H,3-7,12-13,16-17H2,1-2H3,(H,38,39). The minimum Gasteiger partial charge on any atom is -0.497 e. The lowest BCUT2D eigenvalue weighted by Gasteiger charge is -2.32. The molecule has 1 N–H and O–H groups in total. The van der Waals surface area contributed by atoms with Gasteiger partial charge in [0.2, 0.25) is 5.91 Å². The Morgan fingerprint density at radius 3 is 2.44 bits per heavy atom. The molecule has 212 valence electrons. The topological polar surface area (TPSA) is 74.8 Å². The zero-order chi connectivity index (χ0) is 27.8. The first-order chi connectivity index (χ1) is 19.9. The average molecular weight is 552 g/mol. The summed E-state index contributed by atoms with van der Waals surface area (Å²) in [7, 11) is 3.92. The summed E-state index contributed by atoms with van der Waals surface area (Å²) < 4.78 is 8.09. The summed E-state index contributed by atoms with van der Waals surface area (Å²) in [6.07, 6.45) is 9.08. The van der Waals surface area contributed by atoms with E-state index < -0.39 is 11.4 Å². The molecular weight excluding hydrogens is 514 g/mol. The monoisotopic (exact) mass is 551 g/mol. The molecule has 9 rings (SSSR count). The van der Waals surface area contributed by atoms with Crippen LogP contribution in [0.25, 0.3) is 22.2 Å². The number of carboxylic acids is 1. The summed E-state index contributed by atoms with van der Waals surface area (Å²) >= 11 is 0. The predicted molar refractivity (Wildman–Crippen MR) is 155 cm³/mol. The first kappa shape index (κ1) is 24.3. The number of hydrogen-bond donors (Lipinski definition) is 1. The van der Waals surface area contributed by atoms with Crippen molar-refractivity contribution in [2.45, 2.75) is 93.9 Å². The number of piperazine rings is 1. The summed E-state index contributed by atoms with van der Waals surface area (Å²) in [5.74, 6) is 0.829. The number of likely N-dealkylation sites (tertiary alicyclic amines) is 1. The smallest absolute Gasteiger partial charge is 0.335 e. The Morgan fingerprint density at radius 2 is 1.73 bits per heavy atom. The molecule has 6 unspecified atom stereocenters. The van der Waals surface area contributed by atoms with Crippen molar-refractivity contribution in [3.05, 3.63) is 53.1 Å². The van der Waals surface area contributed by atoms with E-state index in [9.17, 15) is 14.7 Å². The summed E-state index contributed by atoms with van der Waals surface area (Å²) in [6, 6.07) is 13.8. The van der Waals surface area contributed by atoms with Crippen LogP contribution in [0.2, 0.25) is 0 Å². The van der Waals surface area contributed by atoms with Crippen molar-refractivity contribution in [3.63, 3.8) is 0 Å². The lowest BCUT2D eigenvalue weighted by Crippen LogP contribution is -2.47. The number of rotatable bonds is 4. The van der Waals surface area contributed by atoms with Gasteiger partial charge in [-0.3, -0.25) is 9.69 Å². The largest absolute Gasteiger partial charge is 0.497 e. The lowest BCUT2D eigenvalue weighted by atomic mass is 9.81. The van der Waals surface area contributed by atoms with Crippen LogP contribution in [0, 0.1) is 5.41 Å². The highest BCUT2D eigenvalue weighted by Gasteiger charge is 2.72. The quantitative estimate of drug-likeness (QED) is 0.427. The Balaban J connectivity index is 1.26. The molecule has 2 saturated carbocycles. The molecule has 4 aliphatic heterocycles. The van der Waals surface area contributed by atoms with Gasteiger partial charge in [0.15, 0.2) is 0 Å². The molecule has 1 amide bonds. The van der Waals surface area contributed by atoms with Crippen molar-refractivity contribution < 1.29 is 19.4 Å². The minimum absolute atomic E-state index is 0.144. The van der Waals surface area contributed by atoms with E-state index in [2.05, 4.69) is 39.6 Å². The molecule has 2 aromatic carbocycles. The zero-order valence-electron chi connectivity index (χ0n) is 23.8. The van der Waals surface area contributed by atoms with Crippen LogP contribution in [0.5, 0.6) is 5.75 Å². The number of fused-ring (bicyclic) bond motifs is 12.